The van der Waals surface area contributed by atoms with Crippen molar-refractivity contribution in [2.24, 2.45) is 0 Å². The minimum absolute atomic E-state index is 0.148. The summed E-state index contributed by atoms with van der Waals surface area (Å²) in [4.78, 5) is 13.2. The van der Waals surface area contributed by atoms with Gasteiger partial charge in [-0.25, -0.2) is 0 Å². The largest absolute Gasteiger partial charge is 0.466 e. The number of ether oxygens (including phenoxy) is 1. The molecule has 0 heterocycles. The Balaban J connectivity index is 3.48. The van der Waals surface area contributed by atoms with Crippen LogP contribution in [0.1, 0.15) is 33.1 Å². The van der Waals surface area contributed by atoms with Crippen LogP contribution in [-0.4, -0.2) is 37.6 Å². The van der Waals surface area contributed by atoms with Gasteiger partial charge in [0.25, 0.3) is 0 Å². The number of rotatable bonds is 8. The normalized spacial score (nSPS) is 11.2. The third kappa shape index (κ3) is 9.47. The molecular formula is C12H23NO2. The highest BCUT2D eigenvalue weighted by Crippen LogP contribution is 1.93. The molecule has 0 N–H and O–H groups in total. The van der Waals surface area contributed by atoms with Crippen molar-refractivity contribution < 1.29 is 9.53 Å². The van der Waals surface area contributed by atoms with Gasteiger partial charge < -0.3 is 9.64 Å². The summed E-state index contributed by atoms with van der Waals surface area (Å²) in [5.74, 6) is -0.148. The van der Waals surface area contributed by atoms with Crippen molar-refractivity contribution in [3.8, 4) is 0 Å². The van der Waals surface area contributed by atoms with Gasteiger partial charge in [-0.2, -0.15) is 0 Å². The number of carbonyl (C=O) groups is 1. The average Bonchev–Trinajstić information content (AvgIpc) is 2.22. The van der Waals surface area contributed by atoms with Crippen molar-refractivity contribution in [3.05, 3.63) is 12.2 Å². The molecule has 0 bridgehead atoms. The monoisotopic (exact) mass is 213 g/mol. The molecule has 0 spiro atoms. The minimum Gasteiger partial charge on any atom is -0.466 e. The first-order valence-electron chi connectivity index (χ1n) is 5.69. The van der Waals surface area contributed by atoms with Crippen molar-refractivity contribution in [1.82, 2.24) is 4.90 Å². The molecule has 0 aromatic carbocycles. The van der Waals surface area contributed by atoms with Crippen LogP contribution < -0.4 is 0 Å². The third-order valence-corrected chi connectivity index (χ3v) is 2.07. The lowest BCUT2D eigenvalue weighted by molar-refractivity contribution is -0.142. The van der Waals surface area contributed by atoms with Gasteiger partial charge in [-0.3, -0.25) is 4.79 Å². The van der Waals surface area contributed by atoms with E-state index in [1.807, 2.05) is 19.1 Å². The number of hydrogen-bond donors (Lipinski definition) is 0. The summed E-state index contributed by atoms with van der Waals surface area (Å²) in [6, 6.07) is 0. The van der Waals surface area contributed by atoms with Crippen LogP contribution >= 0.6 is 0 Å². The lowest BCUT2D eigenvalue weighted by Crippen LogP contribution is -2.19. The zero-order chi connectivity index (χ0) is 11.5. The van der Waals surface area contributed by atoms with Gasteiger partial charge in [0, 0.05) is 6.54 Å². The summed E-state index contributed by atoms with van der Waals surface area (Å²) >= 11 is 0. The van der Waals surface area contributed by atoms with Crippen molar-refractivity contribution in [2.45, 2.75) is 33.1 Å². The van der Waals surface area contributed by atoms with Gasteiger partial charge in [0.2, 0.25) is 0 Å². The van der Waals surface area contributed by atoms with E-state index in [0.29, 0.717) is 13.0 Å². The molecule has 88 valence electrons. The highest BCUT2D eigenvalue weighted by atomic mass is 16.5. The summed E-state index contributed by atoms with van der Waals surface area (Å²) in [5.41, 5.74) is 0. The maximum Gasteiger partial charge on any atom is 0.309 e. The predicted molar refractivity (Wildman–Crippen MR) is 62.8 cm³/mol. The fourth-order valence-corrected chi connectivity index (χ4v) is 1.17. The molecule has 0 unspecified atom stereocenters. The van der Waals surface area contributed by atoms with E-state index in [-0.39, 0.29) is 5.97 Å². The van der Waals surface area contributed by atoms with Gasteiger partial charge in [0.05, 0.1) is 13.0 Å². The molecular weight excluding hydrogens is 190 g/mol. The summed E-state index contributed by atoms with van der Waals surface area (Å²) < 4.78 is 4.81. The van der Waals surface area contributed by atoms with Gasteiger partial charge in [-0.15, -0.1) is 0 Å². The standard InChI is InChI=1S/C12H23NO2/c1-4-6-10-13(3)11-8-7-9-12(14)15-5-2/h7-8H,4-6,9-11H2,1-3H3/b8-7-. The van der Waals surface area contributed by atoms with Crippen LogP contribution in [0.2, 0.25) is 0 Å². The number of likely N-dealkylation sites (N-methyl/N-ethyl adjacent to an activating group) is 1. The lowest BCUT2D eigenvalue weighted by atomic mass is 10.3. The van der Waals surface area contributed by atoms with Crippen LogP contribution in [0.3, 0.4) is 0 Å². The topological polar surface area (TPSA) is 29.5 Å². The zero-order valence-corrected chi connectivity index (χ0v) is 10.2. The second kappa shape index (κ2) is 9.71. The van der Waals surface area contributed by atoms with Crippen LogP contribution in [0.5, 0.6) is 0 Å². The summed E-state index contributed by atoms with van der Waals surface area (Å²) in [6.45, 7) is 6.48. The number of unbranched alkanes of at least 4 members (excludes halogenated alkanes) is 1. The van der Waals surface area contributed by atoms with Crippen LogP contribution in [-0.2, 0) is 9.53 Å². The molecule has 0 aromatic heterocycles. The van der Waals surface area contributed by atoms with E-state index in [4.69, 9.17) is 4.74 Å². The molecule has 0 saturated heterocycles. The molecule has 0 amide bonds. The Morgan fingerprint density at radius 2 is 2.07 bits per heavy atom. The van der Waals surface area contributed by atoms with Crippen LogP contribution in [0.15, 0.2) is 12.2 Å². The van der Waals surface area contributed by atoms with Crippen LogP contribution in [0.25, 0.3) is 0 Å². The Morgan fingerprint density at radius 3 is 2.67 bits per heavy atom. The molecule has 0 atom stereocenters. The second-order valence-electron chi connectivity index (χ2n) is 3.60. The Hall–Kier alpha value is -0.830. The number of nitrogens with zero attached hydrogens (tertiary/aromatic N) is 1. The quantitative estimate of drug-likeness (QED) is 0.457. The highest BCUT2D eigenvalue weighted by Gasteiger charge is 1.97. The van der Waals surface area contributed by atoms with E-state index in [1.54, 1.807) is 0 Å². The Morgan fingerprint density at radius 1 is 1.33 bits per heavy atom. The summed E-state index contributed by atoms with van der Waals surface area (Å²) in [7, 11) is 2.09. The molecule has 0 saturated carbocycles. The molecule has 0 aromatic rings. The molecule has 3 heteroatoms. The van der Waals surface area contributed by atoms with Crippen molar-refractivity contribution in [1.29, 1.82) is 0 Å². The first-order valence-corrected chi connectivity index (χ1v) is 5.69. The van der Waals surface area contributed by atoms with E-state index in [9.17, 15) is 4.79 Å². The Labute approximate surface area is 93.1 Å². The van der Waals surface area contributed by atoms with E-state index in [0.717, 1.165) is 13.1 Å². The van der Waals surface area contributed by atoms with Crippen molar-refractivity contribution in [2.75, 3.05) is 26.7 Å². The smallest absolute Gasteiger partial charge is 0.309 e. The van der Waals surface area contributed by atoms with Gasteiger partial charge in [-0.1, -0.05) is 25.5 Å². The maximum atomic E-state index is 11.0. The Bertz CT molecular complexity index is 190. The summed E-state index contributed by atoms with van der Waals surface area (Å²) in [6.07, 6.45) is 6.72. The number of esters is 1. The van der Waals surface area contributed by atoms with Crippen LogP contribution in [0, 0.1) is 0 Å². The van der Waals surface area contributed by atoms with Crippen molar-refractivity contribution in [3.63, 3.8) is 0 Å². The molecule has 3 nitrogen and oxygen atoms in total. The third-order valence-electron chi connectivity index (χ3n) is 2.07. The molecule has 0 radical (unpaired) electrons. The Kier molecular flexibility index (Phi) is 9.18. The van der Waals surface area contributed by atoms with Gasteiger partial charge >= 0.3 is 5.97 Å². The van der Waals surface area contributed by atoms with E-state index >= 15 is 0 Å². The first-order chi connectivity index (χ1) is 7.20. The maximum absolute atomic E-state index is 11.0. The average molecular weight is 213 g/mol. The van der Waals surface area contributed by atoms with Gasteiger partial charge in [0.15, 0.2) is 0 Å². The molecule has 0 aliphatic heterocycles. The fourth-order valence-electron chi connectivity index (χ4n) is 1.17. The number of carbonyl (C=O) groups excluding carboxylic acids is 1. The predicted octanol–water partition coefficient (Wildman–Crippen LogP) is 2.23. The van der Waals surface area contributed by atoms with Crippen molar-refractivity contribution >= 4 is 5.97 Å². The highest BCUT2D eigenvalue weighted by molar-refractivity contribution is 5.71. The molecule has 0 aliphatic carbocycles. The first kappa shape index (κ1) is 14.2. The number of hydrogen-bond acceptors (Lipinski definition) is 3. The fraction of sp³-hybridized carbons (Fsp3) is 0.750. The van der Waals surface area contributed by atoms with Gasteiger partial charge in [-0.05, 0) is 26.9 Å². The van der Waals surface area contributed by atoms with E-state index in [2.05, 4.69) is 18.9 Å². The SMILES string of the molecule is CCCCN(C)C/C=C\CC(=O)OCC. The molecule has 0 aliphatic rings. The zero-order valence-electron chi connectivity index (χ0n) is 10.2. The molecule has 0 fully saturated rings. The second-order valence-corrected chi connectivity index (χ2v) is 3.60. The molecule has 15 heavy (non-hydrogen) atoms. The van der Waals surface area contributed by atoms with E-state index < -0.39 is 0 Å². The van der Waals surface area contributed by atoms with E-state index in [1.165, 1.54) is 12.8 Å². The minimum atomic E-state index is -0.148. The molecule has 0 rings (SSSR count). The van der Waals surface area contributed by atoms with Crippen LogP contribution in [0.4, 0.5) is 0 Å². The summed E-state index contributed by atoms with van der Waals surface area (Å²) in [5, 5.41) is 0. The van der Waals surface area contributed by atoms with Gasteiger partial charge in [0.1, 0.15) is 0 Å². The lowest BCUT2D eigenvalue weighted by Gasteiger charge is -2.12.